The number of hydrogen-bond donors (Lipinski definition) is 3. The molecule has 0 aliphatic heterocycles. The quantitative estimate of drug-likeness (QED) is 0.747. The van der Waals surface area contributed by atoms with E-state index in [9.17, 15) is 15.0 Å². The topological polar surface area (TPSA) is 78.8 Å². The van der Waals surface area contributed by atoms with Gasteiger partial charge in [-0.05, 0) is 37.5 Å². The molecule has 0 bridgehead atoms. The van der Waals surface area contributed by atoms with Gasteiger partial charge in [0, 0.05) is 5.56 Å². The third-order valence-electron chi connectivity index (χ3n) is 3.43. The predicted octanol–water partition coefficient (Wildman–Crippen LogP) is 1.05. The molecular weight excluding hydrogens is 234 g/mol. The van der Waals surface area contributed by atoms with E-state index in [4.69, 9.17) is 4.74 Å². The number of aliphatic hydroxyl groups excluding tert-OH is 1. The van der Waals surface area contributed by atoms with Crippen LogP contribution in [0.5, 0.6) is 11.5 Å². The van der Waals surface area contributed by atoms with E-state index in [1.807, 2.05) is 0 Å². The average molecular weight is 251 g/mol. The summed E-state index contributed by atoms with van der Waals surface area (Å²) in [5.74, 6) is -0.0365. The summed E-state index contributed by atoms with van der Waals surface area (Å²) >= 11 is 0. The molecule has 0 spiro atoms. The van der Waals surface area contributed by atoms with Gasteiger partial charge in [-0.15, -0.1) is 0 Å². The Labute approximate surface area is 105 Å². The summed E-state index contributed by atoms with van der Waals surface area (Å²) < 4.78 is 4.91. The summed E-state index contributed by atoms with van der Waals surface area (Å²) in [5, 5.41) is 21.7. The lowest BCUT2D eigenvalue weighted by atomic mass is 9.77. The summed E-state index contributed by atoms with van der Waals surface area (Å²) in [7, 11) is 1.45. The molecule has 1 aromatic rings. The Morgan fingerprint density at radius 2 is 2.22 bits per heavy atom. The molecule has 1 aromatic carbocycles. The Morgan fingerprint density at radius 1 is 1.50 bits per heavy atom. The maximum absolute atomic E-state index is 12.0. The summed E-state index contributed by atoms with van der Waals surface area (Å²) in [5.41, 5.74) is -0.125. The minimum Gasteiger partial charge on any atom is -0.504 e. The molecule has 0 atom stereocenters. The van der Waals surface area contributed by atoms with Crippen molar-refractivity contribution in [2.24, 2.45) is 0 Å². The van der Waals surface area contributed by atoms with Crippen molar-refractivity contribution in [1.29, 1.82) is 0 Å². The first-order valence-corrected chi connectivity index (χ1v) is 5.91. The third-order valence-corrected chi connectivity index (χ3v) is 3.43. The molecular formula is C13H17NO4. The van der Waals surface area contributed by atoms with Gasteiger partial charge in [-0.3, -0.25) is 4.79 Å². The molecule has 18 heavy (non-hydrogen) atoms. The number of rotatable bonds is 4. The van der Waals surface area contributed by atoms with Crippen LogP contribution in [0.4, 0.5) is 0 Å². The first-order chi connectivity index (χ1) is 8.60. The number of methoxy groups -OCH3 is 1. The molecule has 1 aliphatic rings. The van der Waals surface area contributed by atoms with Crippen molar-refractivity contribution in [3.63, 3.8) is 0 Å². The van der Waals surface area contributed by atoms with Gasteiger partial charge < -0.3 is 20.3 Å². The molecule has 0 aromatic heterocycles. The SMILES string of the molecule is COc1ccc(C(=O)NC2(CO)CCC2)cc1O. The van der Waals surface area contributed by atoms with E-state index in [0.29, 0.717) is 11.3 Å². The summed E-state index contributed by atoms with van der Waals surface area (Å²) in [4.78, 5) is 12.0. The van der Waals surface area contributed by atoms with Gasteiger partial charge in [0.25, 0.3) is 5.91 Å². The van der Waals surface area contributed by atoms with Gasteiger partial charge in [0.2, 0.25) is 0 Å². The van der Waals surface area contributed by atoms with Crippen LogP contribution >= 0.6 is 0 Å². The molecule has 3 N–H and O–H groups in total. The van der Waals surface area contributed by atoms with Gasteiger partial charge in [-0.1, -0.05) is 0 Å². The molecule has 5 nitrogen and oxygen atoms in total. The molecule has 5 heteroatoms. The molecule has 1 fully saturated rings. The predicted molar refractivity (Wildman–Crippen MR) is 65.8 cm³/mol. The van der Waals surface area contributed by atoms with E-state index in [0.717, 1.165) is 19.3 Å². The van der Waals surface area contributed by atoms with Crippen molar-refractivity contribution in [3.8, 4) is 11.5 Å². The molecule has 0 radical (unpaired) electrons. The fourth-order valence-electron chi connectivity index (χ4n) is 2.07. The van der Waals surface area contributed by atoms with Gasteiger partial charge in [-0.25, -0.2) is 0 Å². The zero-order valence-corrected chi connectivity index (χ0v) is 10.3. The van der Waals surface area contributed by atoms with Crippen LogP contribution in [-0.2, 0) is 0 Å². The van der Waals surface area contributed by atoms with Crippen LogP contribution in [0.3, 0.4) is 0 Å². The highest BCUT2D eigenvalue weighted by molar-refractivity contribution is 5.95. The highest BCUT2D eigenvalue weighted by atomic mass is 16.5. The fourth-order valence-corrected chi connectivity index (χ4v) is 2.07. The second-order valence-electron chi connectivity index (χ2n) is 4.63. The minimum atomic E-state index is -0.480. The smallest absolute Gasteiger partial charge is 0.251 e. The third kappa shape index (κ3) is 2.26. The highest BCUT2D eigenvalue weighted by Crippen LogP contribution is 2.32. The van der Waals surface area contributed by atoms with Gasteiger partial charge in [-0.2, -0.15) is 0 Å². The minimum absolute atomic E-state index is 0.0547. The van der Waals surface area contributed by atoms with Gasteiger partial charge in [0.1, 0.15) is 0 Å². The van der Waals surface area contributed by atoms with Crippen molar-refractivity contribution in [2.45, 2.75) is 24.8 Å². The van der Waals surface area contributed by atoms with E-state index in [2.05, 4.69) is 5.32 Å². The van der Waals surface area contributed by atoms with Crippen LogP contribution in [0, 0.1) is 0 Å². The first-order valence-electron chi connectivity index (χ1n) is 5.91. The number of aromatic hydroxyl groups is 1. The lowest BCUT2D eigenvalue weighted by Crippen LogP contribution is -2.56. The molecule has 1 amide bonds. The van der Waals surface area contributed by atoms with Crippen LogP contribution in [0.15, 0.2) is 18.2 Å². The van der Waals surface area contributed by atoms with Gasteiger partial charge in [0.15, 0.2) is 11.5 Å². The summed E-state index contributed by atoms with van der Waals surface area (Å²) in [6.45, 7) is -0.0547. The number of carbonyl (C=O) groups is 1. The lowest BCUT2D eigenvalue weighted by Gasteiger charge is -2.40. The monoisotopic (exact) mass is 251 g/mol. The Bertz CT molecular complexity index is 449. The molecule has 0 saturated heterocycles. The van der Waals surface area contributed by atoms with E-state index in [1.54, 1.807) is 6.07 Å². The maximum Gasteiger partial charge on any atom is 0.251 e. The largest absolute Gasteiger partial charge is 0.504 e. The van der Waals surface area contributed by atoms with Crippen LogP contribution in [0.2, 0.25) is 0 Å². The van der Waals surface area contributed by atoms with Crippen molar-refractivity contribution in [3.05, 3.63) is 23.8 Å². The number of benzene rings is 1. The standard InChI is InChI=1S/C13H17NO4/c1-18-11-4-3-9(7-10(11)16)12(17)14-13(8-15)5-2-6-13/h3-4,7,15-16H,2,5-6,8H2,1H3,(H,14,17). The molecule has 0 unspecified atom stereocenters. The Kier molecular flexibility index (Phi) is 3.43. The van der Waals surface area contributed by atoms with E-state index in [-0.39, 0.29) is 18.3 Å². The number of phenols is 1. The highest BCUT2D eigenvalue weighted by Gasteiger charge is 2.37. The van der Waals surface area contributed by atoms with Gasteiger partial charge in [0.05, 0.1) is 19.3 Å². The molecule has 1 saturated carbocycles. The lowest BCUT2D eigenvalue weighted by molar-refractivity contribution is 0.0641. The molecule has 2 rings (SSSR count). The number of nitrogens with one attached hydrogen (secondary N) is 1. The van der Waals surface area contributed by atoms with E-state index >= 15 is 0 Å². The van der Waals surface area contributed by atoms with E-state index < -0.39 is 5.54 Å². The van der Waals surface area contributed by atoms with Crippen molar-refractivity contribution in [1.82, 2.24) is 5.32 Å². The number of phenolic OH excluding ortho intramolecular Hbond substituents is 1. The second-order valence-corrected chi connectivity index (χ2v) is 4.63. The second kappa shape index (κ2) is 4.86. The zero-order valence-electron chi connectivity index (χ0n) is 10.3. The normalized spacial score (nSPS) is 16.8. The van der Waals surface area contributed by atoms with Crippen molar-refractivity contribution < 1.29 is 19.7 Å². The van der Waals surface area contributed by atoms with Gasteiger partial charge >= 0.3 is 0 Å². The number of ether oxygens (including phenoxy) is 1. The van der Waals surface area contributed by atoms with Crippen LogP contribution in [0.1, 0.15) is 29.6 Å². The number of carbonyl (C=O) groups excluding carboxylic acids is 1. The Morgan fingerprint density at radius 3 is 2.67 bits per heavy atom. The molecule has 0 heterocycles. The maximum atomic E-state index is 12.0. The average Bonchev–Trinajstić information content (AvgIpc) is 2.33. The van der Waals surface area contributed by atoms with Crippen molar-refractivity contribution >= 4 is 5.91 Å². The van der Waals surface area contributed by atoms with Crippen LogP contribution in [0.25, 0.3) is 0 Å². The van der Waals surface area contributed by atoms with Crippen LogP contribution in [-0.4, -0.2) is 35.4 Å². The van der Waals surface area contributed by atoms with Crippen molar-refractivity contribution in [2.75, 3.05) is 13.7 Å². The number of hydrogen-bond acceptors (Lipinski definition) is 4. The first kappa shape index (κ1) is 12.7. The molecule has 98 valence electrons. The number of amides is 1. The van der Waals surface area contributed by atoms with Crippen LogP contribution < -0.4 is 10.1 Å². The summed E-state index contributed by atoms with van der Waals surface area (Å²) in [6, 6.07) is 4.48. The zero-order chi connectivity index (χ0) is 13.2. The molecule has 1 aliphatic carbocycles. The number of aliphatic hydroxyl groups is 1. The Balaban J connectivity index is 2.11. The Hall–Kier alpha value is -1.75. The summed E-state index contributed by atoms with van der Waals surface area (Å²) in [6.07, 6.45) is 2.59. The van der Waals surface area contributed by atoms with E-state index in [1.165, 1.54) is 19.2 Å². The fraction of sp³-hybridized carbons (Fsp3) is 0.462.